The highest BCUT2D eigenvalue weighted by Crippen LogP contribution is 2.14. The van der Waals surface area contributed by atoms with Gasteiger partial charge in [0.25, 0.3) is 5.91 Å². The van der Waals surface area contributed by atoms with Crippen LogP contribution in [0.2, 0.25) is 0 Å². The summed E-state index contributed by atoms with van der Waals surface area (Å²) < 4.78 is 0. The van der Waals surface area contributed by atoms with E-state index in [1.165, 1.54) is 0 Å². The number of benzene rings is 2. The molecule has 3 aromatic rings. The smallest absolute Gasteiger partial charge is 0.251 e. The second-order valence-corrected chi connectivity index (χ2v) is 7.52. The van der Waals surface area contributed by atoms with Crippen LogP contribution in [0.3, 0.4) is 0 Å². The quantitative estimate of drug-likeness (QED) is 0.676. The molecular weight excluding hydrogens is 364 g/mol. The van der Waals surface area contributed by atoms with Crippen LogP contribution in [0.25, 0.3) is 10.9 Å². The molecule has 2 amide bonds. The molecule has 2 aromatic carbocycles. The van der Waals surface area contributed by atoms with Gasteiger partial charge < -0.3 is 10.6 Å². The van der Waals surface area contributed by atoms with E-state index in [2.05, 4.69) is 20.6 Å². The molecule has 1 aromatic heterocycles. The topological polar surface area (TPSA) is 84.0 Å². The fourth-order valence-electron chi connectivity index (χ4n) is 3.11. The van der Waals surface area contributed by atoms with Gasteiger partial charge in [0.1, 0.15) is 11.9 Å². The molecule has 150 valence electrons. The first kappa shape index (κ1) is 20.5. The Kier molecular flexibility index (Phi) is 6.22. The van der Waals surface area contributed by atoms with Crippen molar-refractivity contribution in [3.05, 3.63) is 71.2 Å². The lowest BCUT2D eigenvalue weighted by molar-refractivity contribution is -0.124. The maximum Gasteiger partial charge on any atom is 0.251 e. The Bertz CT molecular complexity index is 1030. The zero-order valence-corrected chi connectivity index (χ0v) is 17.2. The fourth-order valence-corrected chi connectivity index (χ4v) is 3.11. The summed E-state index contributed by atoms with van der Waals surface area (Å²) in [6, 6.07) is 14.4. The van der Waals surface area contributed by atoms with Gasteiger partial charge in [0.15, 0.2) is 0 Å². The van der Waals surface area contributed by atoms with Crippen molar-refractivity contribution < 1.29 is 9.59 Å². The summed E-state index contributed by atoms with van der Waals surface area (Å²) in [5, 5.41) is 6.69. The minimum absolute atomic E-state index is 0.0661. The molecule has 0 aliphatic heterocycles. The zero-order valence-electron chi connectivity index (χ0n) is 17.2. The molecule has 0 aliphatic carbocycles. The van der Waals surface area contributed by atoms with Crippen molar-refractivity contribution in [2.45, 2.75) is 40.3 Å². The van der Waals surface area contributed by atoms with Crippen LogP contribution in [0.15, 0.2) is 48.5 Å². The van der Waals surface area contributed by atoms with E-state index in [0.29, 0.717) is 11.4 Å². The van der Waals surface area contributed by atoms with Gasteiger partial charge in [-0.1, -0.05) is 49.7 Å². The van der Waals surface area contributed by atoms with Crippen LogP contribution in [0.4, 0.5) is 0 Å². The van der Waals surface area contributed by atoms with Gasteiger partial charge in [-0.25, -0.2) is 9.97 Å². The third-order valence-corrected chi connectivity index (χ3v) is 4.81. The van der Waals surface area contributed by atoms with Crippen LogP contribution in [0, 0.1) is 19.8 Å². The Labute approximate surface area is 170 Å². The number of fused-ring (bicyclic) bond motifs is 1. The van der Waals surface area contributed by atoms with Gasteiger partial charge in [0.05, 0.1) is 12.1 Å². The van der Waals surface area contributed by atoms with Gasteiger partial charge in [0, 0.05) is 16.6 Å². The highest BCUT2D eigenvalue weighted by atomic mass is 16.2. The summed E-state index contributed by atoms with van der Waals surface area (Å²) in [5.74, 6) is -0.0444. The van der Waals surface area contributed by atoms with Crippen molar-refractivity contribution in [3.63, 3.8) is 0 Å². The Morgan fingerprint density at radius 2 is 1.66 bits per heavy atom. The second-order valence-electron chi connectivity index (χ2n) is 7.52. The third kappa shape index (κ3) is 4.96. The Morgan fingerprint density at radius 3 is 2.34 bits per heavy atom. The number of carbonyl (C=O) groups excluding carboxylic acids is 2. The van der Waals surface area contributed by atoms with Gasteiger partial charge in [-0.3, -0.25) is 9.59 Å². The predicted molar refractivity (Wildman–Crippen MR) is 113 cm³/mol. The molecule has 0 spiro atoms. The Balaban J connectivity index is 1.68. The predicted octanol–water partition coefficient (Wildman–Crippen LogP) is 3.32. The molecule has 0 fully saturated rings. The van der Waals surface area contributed by atoms with E-state index < -0.39 is 6.04 Å². The standard InChI is InChI=1S/C23H26N4O2/c1-14(2)21(27-22(28)17-11-9-15(3)10-12-17)23(29)24-13-20-25-16(4)18-7-5-6-8-19(18)26-20/h5-12,14,21H,13H2,1-4H3,(H,24,29)(H,27,28)/t21-/m1/s1. The molecule has 0 saturated carbocycles. The molecule has 0 bridgehead atoms. The van der Waals surface area contributed by atoms with Gasteiger partial charge in [-0.15, -0.1) is 0 Å². The van der Waals surface area contributed by atoms with E-state index in [1.54, 1.807) is 12.1 Å². The molecule has 6 heteroatoms. The number of aryl methyl sites for hydroxylation is 2. The lowest BCUT2D eigenvalue weighted by Gasteiger charge is -2.21. The van der Waals surface area contributed by atoms with E-state index in [-0.39, 0.29) is 24.3 Å². The lowest BCUT2D eigenvalue weighted by atomic mass is 10.0. The van der Waals surface area contributed by atoms with E-state index >= 15 is 0 Å². The fraction of sp³-hybridized carbons (Fsp3) is 0.304. The summed E-state index contributed by atoms with van der Waals surface area (Å²) in [4.78, 5) is 34.3. The highest BCUT2D eigenvalue weighted by Gasteiger charge is 2.24. The van der Waals surface area contributed by atoms with Gasteiger partial charge >= 0.3 is 0 Å². The van der Waals surface area contributed by atoms with Crippen LogP contribution >= 0.6 is 0 Å². The third-order valence-electron chi connectivity index (χ3n) is 4.81. The lowest BCUT2D eigenvalue weighted by Crippen LogP contribution is -2.49. The van der Waals surface area contributed by atoms with Crippen LogP contribution < -0.4 is 10.6 Å². The number of rotatable bonds is 6. The van der Waals surface area contributed by atoms with Crippen LogP contribution in [0.1, 0.15) is 41.3 Å². The first-order valence-electron chi connectivity index (χ1n) is 9.72. The van der Waals surface area contributed by atoms with E-state index in [9.17, 15) is 9.59 Å². The minimum atomic E-state index is -0.648. The number of nitrogens with zero attached hydrogens (tertiary/aromatic N) is 2. The van der Waals surface area contributed by atoms with Crippen molar-refractivity contribution in [1.29, 1.82) is 0 Å². The number of carbonyl (C=O) groups is 2. The summed E-state index contributed by atoms with van der Waals surface area (Å²) in [5.41, 5.74) is 3.32. The van der Waals surface area contributed by atoms with Crippen molar-refractivity contribution in [1.82, 2.24) is 20.6 Å². The summed E-state index contributed by atoms with van der Waals surface area (Å²) in [7, 11) is 0. The first-order valence-corrected chi connectivity index (χ1v) is 9.72. The molecule has 0 unspecified atom stereocenters. The normalized spacial score (nSPS) is 12.0. The van der Waals surface area contributed by atoms with E-state index in [1.807, 2.05) is 64.1 Å². The number of para-hydroxylation sites is 1. The molecule has 1 atom stereocenters. The van der Waals surface area contributed by atoms with Crippen LogP contribution in [-0.4, -0.2) is 27.8 Å². The monoisotopic (exact) mass is 390 g/mol. The van der Waals surface area contributed by atoms with Gasteiger partial charge in [-0.05, 0) is 38.0 Å². The second kappa shape index (κ2) is 8.82. The Hall–Kier alpha value is -3.28. The summed E-state index contributed by atoms with van der Waals surface area (Å²) in [6.07, 6.45) is 0. The summed E-state index contributed by atoms with van der Waals surface area (Å²) >= 11 is 0. The van der Waals surface area contributed by atoms with Gasteiger partial charge in [0.2, 0.25) is 5.91 Å². The molecule has 3 rings (SSSR count). The average molecular weight is 390 g/mol. The van der Waals surface area contributed by atoms with E-state index in [0.717, 1.165) is 22.2 Å². The number of nitrogens with one attached hydrogen (secondary N) is 2. The molecule has 1 heterocycles. The van der Waals surface area contributed by atoms with Crippen molar-refractivity contribution in [2.24, 2.45) is 5.92 Å². The molecule has 2 N–H and O–H groups in total. The highest BCUT2D eigenvalue weighted by molar-refractivity contribution is 5.97. The molecule has 6 nitrogen and oxygen atoms in total. The minimum Gasteiger partial charge on any atom is -0.347 e. The summed E-state index contributed by atoms with van der Waals surface area (Å²) in [6.45, 7) is 7.89. The van der Waals surface area contributed by atoms with Gasteiger partial charge in [-0.2, -0.15) is 0 Å². The van der Waals surface area contributed by atoms with Crippen molar-refractivity contribution >= 4 is 22.7 Å². The molecular formula is C23H26N4O2. The number of amides is 2. The molecule has 0 saturated heterocycles. The van der Waals surface area contributed by atoms with Crippen LogP contribution in [-0.2, 0) is 11.3 Å². The molecule has 0 radical (unpaired) electrons. The van der Waals surface area contributed by atoms with Crippen molar-refractivity contribution in [3.8, 4) is 0 Å². The average Bonchev–Trinajstić information content (AvgIpc) is 2.70. The number of hydrogen-bond donors (Lipinski definition) is 2. The molecule has 0 aliphatic rings. The van der Waals surface area contributed by atoms with E-state index in [4.69, 9.17) is 0 Å². The first-order chi connectivity index (χ1) is 13.8. The van der Waals surface area contributed by atoms with Crippen molar-refractivity contribution in [2.75, 3.05) is 0 Å². The number of aromatic nitrogens is 2. The van der Waals surface area contributed by atoms with Crippen LogP contribution in [0.5, 0.6) is 0 Å². The maximum atomic E-state index is 12.7. The maximum absolute atomic E-state index is 12.7. The Morgan fingerprint density at radius 1 is 0.966 bits per heavy atom. The number of hydrogen-bond acceptors (Lipinski definition) is 4. The largest absolute Gasteiger partial charge is 0.347 e. The SMILES string of the molecule is Cc1ccc(C(=O)N[C@@H](C(=O)NCc2nc(C)c3ccccc3n2)C(C)C)cc1. The molecule has 29 heavy (non-hydrogen) atoms. The zero-order chi connectivity index (χ0) is 21.0.